The number of hydrogen-bond acceptors (Lipinski definition) is 5. The molecule has 2 aromatic heterocycles. The molecule has 28 heavy (non-hydrogen) atoms. The number of carbonyl (C=O) groups excluding carboxylic acids is 1. The van der Waals surface area contributed by atoms with Crippen molar-refractivity contribution in [1.29, 1.82) is 0 Å². The van der Waals surface area contributed by atoms with Crippen LogP contribution < -0.4 is 0 Å². The Bertz CT molecular complexity index is 1040. The van der Waals surface area contributed by atoms with E-state index in [4.69, 9.17) is 0 Å². The number of amides is 1. The molecule has 1 aliphatic rings. The quantitative estimate of drug-likeness (QED) is 0.692. The minimum atomic E-state index is -3.40. The lowest BCUT2D eigenvalue weighted by molar-refractivity contribution is 0.0692. The molecule has 0 unspecified atom stereocenters. The van der Waals surface area contributed by atoms with Crippen molar-refractivity contribution < 1.29 is 13.2 Å². The summed E-state index contributed by atoms with van der Waals surface area (Å²) in [5, 5.41) is 8.99. The van der Waals surface area contributed by atoms with Crippen LogP contribution in [0.3, 0.4) is 0 Å². The van der Waals surface area contributed by atoms with E-state index >= 15 is 0 Å². The topological polar surface area (TPSA) is 86.4 Å². The van der Waals surface area contributed by atoms with Crippen LogP contribution in [-0.2, 0) is 15.8 Å². The van der Waals surface area contributed by atoms with Gasteiger partial charge in [-0.3, -0.25) is 9.89 Å². The van der Waals surface area contributed by atoms with Crippen molar-refractivity contribution in [3.63, 3.8) is 0 Å². The normalized spacial score (nSPS) is 15.6. The highest BCUT2D eigenvalue weighted by molar-refractivity contribution is 7.88. The molecular weight excluding hydrogens is 396 g/mol. The van der Waals surface area contributed by atoms with Crippen molar-refractivity contribution in [2.75, 3.05) is 26.2 Å². The Kier molecular flexibility index (Phi) is 5.29. The summed E-state index contributed by atoms with van der Waals surface area (Å²) in [6.07, 6.45) is 0. The first-order valence-electron chi connectivity index (χ1n) is 8.93. The summed E-state index contributed by atoms with van der Waals surface area (Å²) in [6, 6.07) is 14.8. The Hall–Kier alpha value is -2.49. The van der Waals surface area contributed by atoms with Gasteiger partial charge in [-0.25, -0.2) is 8.42 Å². The number of rotatable bonds is 5. The van der Waals surface area contributed by atoms with Crippen molar-refractivity contribution >= 4 is 27.3 Å². The van der Waals surface area contributed by atoms with Gasteiger partial charge in [-0.15, -0.1) is 11.3 Å². The zero-order valence-electron chi connectivity index (χ0n) is 15.1. The first-order chi connectivity index (χ1) is 13.5. The molecule has 0 bridgehead atoms. The highest BCUT2D eigenvalue weighted by atomic mass is 32.2. The van der Waals surface area contributed by atoms with Gasteiger partial charge in [-0.2, -0.15) is 9.40 Å². The van der Waals surface area contributed by atoms with Crippen LogP contribution in [-0.4, -0.2) is 59.9 Å². The monoisotopic (exact) mass is 416 g/mol. The number of nitrogens with one attached hydrogen (secondary N) is 1. The molecule has 1 N–H and O–H groups in total. The smallest absolute Gasteiger partial charge is 0.274 e. The summed E-state index contributed by atoms with van der Waals surface area (Å²) in [4.78, 5) is 15.4. The lowest BCUT2D eigenvalue weighted by Crippen LogP contribution is -2.50. The molecular formula is C19H20N4O3S2. The molecule has 1 saturated heterocycles. The highest BCUT2D eigenvalue weighted by Gasteiger charge is 2.30. The zero-order chi connectivity index (χ0) is 19.6. The summed E-state index contributed by atoms with van der Waals surface area (Å²) in [5.74, 6) is -0.204. The van der Waals surface area contributed by atoms with Crippen LogP contribution in [0.2, 0.25) is 0 Å². The number of carbonyl (C=O) groups is 1. The number of hydrogen-bond donors (Lipinski definition) is 1. The Labute approximate surface area is 167 Å². The molecule has 0 radical (unpaired) electrons. The number of benzene rings is 1. The Morgan fingerprint density at radius 2 is 1.82 bits per heavy atom. The molecule has 0 atom stereocenters. The SMILES string of the molecule is O=C(c1cc(-c2cccs2)[nH]n1)N1CCN(S(=O)(=O)Cc2ccccc2)CC1. The molecule has 1 fully saturated rings. The van der Waals surface area contributed by atoms with Gasteiger partial charge >= 0.3 is 0 Å². The Balaban J connectivity index is 1.38. The second kappa shape index (κ2) is 7.86. The number of aromatic amines is 1. The van der Waals surface area contributed by atoms with Gasteiger partial charge in [0.2, 0.25) is 10.0 Å². The van der Waals surface area contributed by atoms with Gasteiger partial charge in [0.05, 0.1) is 16.3 Å². The maximum atomic E-state index is 12.7. The third-order valence-corrected chi connectivity index (χ3v) is 7.45. The first-order valence-corrected chi connectivity index (χ1v) is 11.4. The molecule has 0 saturated carbocycles. The molecule has 0 aliphatic carbocycles. The van der Waals surface area contributed by atoms with Crippen LogP contribution in [0.5, 0.6) is 0 Å². The maximum absolute atomic E-state index is 12.7. The first kappa shape index (κ1) is 18.9. The van der Waals surface area contributed by atoms with Gasteiger partial charge in [-0.05, 0) is 23.1 Å². The van der Waals surface area contributed by atoms with Gasteiger partial charge in [0.15, 0.2) is 5.69 Å². The van der Waals surface area contributed by atoms with Gasteiger partial charge in [0.25, 0.3) is 5.91 Å². The third-order valence-electron chi connectivity index (χ3n) is 4.69. The highest BCUT2D eigenvalue weighted by Crippen LogP contribution is 2.23. The summed E-state index contributed by atoms with van der Waals surface area (Å²) in [7, 11) is -3.40. The third kappa shape index (κ3) is 4.01. The number of H-pyrrole nitrogens is 1. The van der Waals surface area contributed by atoms with E-state index in [2.05, 4.69) is 10.2 Å². The molecule has 4 rings (SSSR count). The minimum Gasteiger partial charge on any atom is -0.335 e. The van der Waals surface area contributed by atoms with E-state index in [-0.39, 0.29) is 11.7 Å². The fraction of sp³-hybridized carbons (Fsp3) is 0.263. The zero-order valence-corrected chi connectivity index (χ0v) is 16.7. The average molecular weight is 417 g/mol. The predicted molar refractivity (Wildman–Crippen MR) is 108 cm³/mol. The van der Waals surface area contributed by atoms with E-state index in [0.717, 1.165) is 16.1 Å². The van der Waals surface area contributed by atoms with Crippen LogP contribution in [0.25, 0.3) is 10.6 Å². The molecule has 3 aromatic rings. The van der Waals surface area contributed by atoms with Crippen molar-refractivity contribution in [2.45, 2.75) is 5.75 Å². The predicted octanol–water partition coefficient (Wildman–Crippen LogP) is 2.43. The van der Waals surface area contributed by atoms with Gasteiger partial charge < -0.3 is 4.90 Å². The van der Waals surface area contributed by atoms with Gasteiger partial charge in [-0.1, -0.05) is 36.4 Å². The van der Waals surface area contributed by atoms with Crippen molar-refractivity contribution in [1.82, 2.24) is 19.4 Å². The summed E-state index contributed by atoms with van der Waals surface area (Å²) < 4.78 is 26.7. The van der Waals surface area contributed by atoms with Crippen LogP contribution in [0.4, 0.5) is 0 Å². The number of piperazine rings is 1. The van der Waals surface area contributed by atoms with Crippen molar-refractivity contribution in [3.8, 4) is 10.6 Å². The second-order valence-corrected chi connectivity index (χ2v) is 9.49. The molecule has 1 amide bonds. The standard InChI is InChI=1S/C19H20N4O3S2/c24-19(17-13-16(20-21-17)18-7-4-12-27-18)22-8-10-23(11-9-22)28(25,26)14-15-5-2-1-3-6-15/h1-7,12-13H,8-11,14H2,(H,20,21). The maximum Gasteiger partial charge on any atom is 0.274 e. The molecule has 146 valence electrons. The van der Waals surface area contributed by atoms with E-state index < -0.39 is 10.0 Å². The summed E-state index contributed by atoms with van der Waals surface area (Å²) in [5.41, 5.74) is 1.92. The fourth-order valence-corrected chi connectivity index (χ4v) is 5.41. The number of sulfonamides is 1. The van der Waals surface area contributed by atoms with E-state index in [1.165, 1.54) is 4.31 Å². The van der Waals surface area contributed by atoms with Crippen LogP contribution in [0.1, 0.15) is 16.1 Å². The molecule has 3 heterocycles. The number of aromatic nitrogens is 2. The number of nitrogens with zero attached hydrogens (tertiary/aromatic N) is 3. The van der Waals surface area contributed by atoms with E-state index in [0.29, 0.717) is 31.9 Å². The fourth-order valence-electron chi connectivity index (χ4n) is 3.20. The Morgan fingerprint density at radius 3 is 2.50 bits per heavy atom. The molecule has 0 spiro atoms. The van der Waals surface area contributed by atoms with E-state index in [1.54, 1.807) is 34.4 Å². The molecule has 7 nitrogen and oxygen atoms in total. The van der Waals surface area contributed by atoms with Crippen molar-refractivity contribution in [3.05, 3.63) is 65.2 Å². The van der Waals surface area contributed by atoms with E-state index in [9.17, 15) is 13.2 Å². The largest absolute Gasteiger partial charge is 0.335 e. The minimum absolute atomic E-state index is 0.0225. The van der Waals surface area contributed by atoms with Crippen LogP contribution in [0.15, 0.2) is 53.9 Å². The average Bonchev–Trinajstić information content (AvgIpc) is 3.40. The van der Waals surface area contributed by atoms with Crippen LogP contribution in [0, 0.1) is 0 Å². The second-order valence-electron chi connectivity index (χ2n) is 6.58. The van der Waals surface area contributed by atoms with E-state index in [1.807, 2.05) is 35.7 Å². The van der Waals surface area contributed by atoms with Gasteiger partial charge in [0.1, 0.15) is 0 Å². The van der Waals surface area contributed by atoms with Crippen LogP contribution >= 0.6 is 11.3 Å². The Morgan fingerprint density at radius 1 is 1.07 bits per heavy atom. The summed E-state index contributed by atoms with van der Waals surface area (Å²) >= 11 is 1.57. The van der Waals surface area contributed by atoms with Gasteiger partial charge in [0, 0.05) is 26.2 Å². The summed E-state index contributed by atoms with van der Waals surface area (Å²) in [6.45, 7) is 1.30. The molecule has 9 heteroatoms. The lowest BCUT2D eigenvalue weighted by Gasteiger charge is -2.33. The number of thiophene rings is 1. The lowest BCUT2D eigenvalue weighted by atomic mass is 10.2. The van der Waals surface area contributed by atoms with Crippen molar-refractivity contribution in [2.24, 2.45) is 0 Å². The molecule has 1 aromatic carbocycles. The molecule has 1 aliphatic heterocycles.